The highest BCUT2D eigenvalue weighted by Gasteiger charge is 2.06. The van der Waals surface area contributed by atoms with Gasteiger partial charge in [0, 0.05) is 6.07 Å². The van der Waals surface area contributed by atoms with Gasteiger partial charge in [-0.2, -0.15) is 0 Å². The van der Waals surface area contributed by atoms with Gasteiger partial charge in [-0.05, 0) is 36.8 Å². The first-order valence-corrected chi connectivity index (χ1v) is 6.07. The van der Waals surface area contributed by atoms with E-state index in [0.29, 0.717) is 0 Å². The molecule has 0 atom stereocenters. The Morgan fingerprint density at radius 2 is 2.05 bits per heavy atom. The summed E-state index contributed by atoms with van der Waals surface area (Å²) in [6.07, 6.45) is 1.77. The fourth-order valence-electron chi connectivity index (χ4n) is 2.13. The molecule has 0 aliphatic heterocycles. The third-order valence-electron chi connectivity index (χ3n) is 3.15. The lowest BCUT2D eigenvalue weighted by molar-refractivity contribution is 0.475. The van der Waals surface area contributed by atoms with Gasteiger partial charge in [0.2, 0.25) is 0 Å². The minimum atomic E-state index is 0.248. The molecular formula is C16H14N2O. The van der Waals surface area contributed by atoms with Crippen LogP contribution in [0.1, 0.15) is 12.5 Å². The molecule has 1 heterocycles. The van der Waals surface area contributed by atoms with Crippen molar-refractivity contribution in [2.24, 2.45) is 0 Å². The predicted molar refractivity (Wildman–Crippen MR) is 77.4 cm³/mol. The highest BCUT2D eigenvalue weighted by atomic mass is 16.3. The highest BCUT2D eigenvalue weighted by Crippen LogP contribution is 2.23. The number of hydrogen-bond donors (Lipinski definition) is 1. The van der Waals surface area contributed by atoms with Crippen LogP contribution in [-0.2, 0) is 0 Å². The number of rotatable bonds is 2. The maximum Gasteiger partial charge on any atom is 0.117 e. The minimum Gasteiger partial charge on any atom is -0.508 e. The van der Waals surface area contributed by atoms with Gasteiger partial charge >= 0.3 is 0 Å². The first-order valence-electron chi connectivity index (χ1n) is 6.07. The summed E-state index contributed by atoms with van der Waals surface area (Å²) >= 11 is 0. The van der Waals surface area contributed by atoms with E-state index in [1.54, 1.807) is 18.5 Å². The zero-order chi connectivity index (χ0) is 13.4. The van der Waals surface area contributed by atoms with E-state index in [1.165, 1.54) is 0 Å². The van der Waals surface area contributed by atoms with Gasteiger partial charge in [0.15, 0.2) is 0 Å². The Kier molecular flexibility index (Phi) is 2.60. The van der Waals surface area contributed by atoms with Gasteiger partial charge in [0.1, 0.15) is 12.1 Å². The topological polar surface area (TPSA) is 38.0 Å². The average molecular weight is 250 g/mol. The number of allylic oxidation sites excluding steroid dienone is 1. The highest BCUT2D eigenvalue weighted by molar-refractivity contribution is 5.81. The summed E-state index contributed by atoms with van der Waals surface area (Å²) in [4.78, 5) is 4.41. The molecular weight excluding hydrogens is 236 g/mol. The number of aromatic hydroxyl groups is 1. The van der Waals surface area contributed by atoms with Gasteiger partial charge in [-0.15, -0.1) is 0 Å². The van der Waals surface area contributed by atoms with Gasteiger partial charge in [0.05, 0.1) is 16.7 Å². The molecule has 3 aromatic rings. The summed E-state index contributed by atoms with van der Waals surface area (Å²) in [7, 11) is 0. The molecule has 0 aliphatic rings. The molecule has 0 amide bonds. The fourth-order valence-corrected chi connectivity index (χ4v) is 2.13. The van der Waals surface area contributed by atoms with Gasteiger partial charge in [-0.1, -0.05) is 24.3 Å². The molecule has 0 saturated carbocycles. The van der Waals surface area contributed by atoms with Gasteiger partial charge in [-0.3, -0.25) is 4.57 Å². The van der Waals surface area contributed by atoms with Crippen molar-refractivity contribution in [1.29, 1.82) is 0 Å². The number of phenolic OH excluding ortho intramolecular Hbond substituents is 1. The van der Waals surface area contributed by atoms with E-state index in [4.69, 9.17) is 0 Å². The first-order chi connectivity index (χ1) is 9.15. The molecule has 1 aromatic heterocycles. The van der Waals surface area contributed by atoms with Crippen molar-refractivity contribution in [1.82, 2.24) is 9.55 Å². The largest absolute Gasteiger partial charge is 0.508 e. The van der Waals surface area contributed by atoms with Crippen LogP contribution in [0.3, 0.4) is 0 Å². The number of aromatic nitrogens is 2. The fraction of sp³-hybridized carbons (Fsp3) is 0.0625. The Morgan fingerprint density at radius 3 is 2.79 bits per heavy atom. The van der Waals surface area contributed by atoms with Crippen LogP contribution in [0.2, 0.25) is 0 Å². The van der Waals surface area contributed by atoms with E-state index >= 15 is 0 Å². The number of phenols is 1. The third-order valence-corrected chi connectivity index (χ3v) is 3.15. The normalized spacial score (nSPS) is 10.8. The van der Waals surface area contributed by atoms with Crippen LogP contribution in [0, 0.1) is 0 Å². The van der Waals surface area contributed by atoms with Gasteiger partial charge in [0.25, 0.3) is 0 Å². The molecule has 0 fully saturated rings. The second-order valence-electron chi connectivity index (χ2n) is 4.62. The molecule has 0 spiro atoms. The van der Waals surface area contributed by atoms with Crippen LogP contribution < -0.4 is 0 Å². The van der Waals surface area contributed by atoms with Crippen LogP contribution in [0.5, 0.6) is 5.75 Å². The standard InChI is InChI=1S/C16H14N2O/c1-11(2)12-6-7-16-15(8-12)17-10-18(16)13-4-3-5-14(19)9-13/h3-10,19H,1H2,2H3. The van der Waals surface area contributed by atoms with Crippen LogP contribution in [0.4, 0.5) is 0 Å². The second kappa shape index (κ2) is 4.28. The molecule has 0 aliphatic carbocycles. The molecule has 0 bridgehead atoms. The van der Waals surface area contributed by atoms with Crippen molar-refractivity contribution in [3.63, 3.8) is 0 Å². The van der Waals surface area contributed by atoms with E-state index < -0.39 is 0 Å². The number of fused-ring (bicyclic) bond motifs is 1. The molecule has 1 N–H and O–H groups in total. The molecule has 2 aromatic carbocycles. The van der Waals surface area contributed by atoms with E-state index in [0.717, 1.165) is 27.9 Å². The Labute approximate surface area is 111 Å². The van der Waals surface area contributed by atoms with Crippen LogP contribution in [0.15, 0.2) is 55.4 Å². The molecule has 19 heavy (non-hydrogen) atoms. The quantitative estimate of drug-likeness (QED) is 0.752. The number of imidazole rings is 1. The summed E-state index contributed by atoms with van der Waals surface area (Å²) < 4.78 is 1.96. The van der Waals surface area contributed by atoms with E-state index in [1.807, 2.05) is 41.8 Å². The number of benzene rings is 2. The summed E-state index contributed by atoms with van der Waals surface area (Å²) in [5, 5.41) is 9.56. The van der Waals surface area contributed by atoms with Gasteiger partial charge in [-0.25, -0.2) is 4.98 Å². The SMILES string of the molecule is C=C(C)c1ccc2c(c1)ncn2-c1cccc(O)c1. The van der Waals surface area contributed by atoms with Crippen molar-refractivity contribution in [2.75, 3.05) is 0 Å². The molecule has 0 saturated heterocycles. The third kappa shape index (κ3) is 1.99. The monoisotopic (exact) mass is 250 g/mol. The van der Waals surface area contributed by atoms with E-state index in [9.17, 15) is 5.11 Å². The summed E-state index contributed by atoms with van der Waals surface area (Å²) in [6, 6.07) is 13.2. The second-order valence-corrected chi connectivity index (χ2v) is 4.62. The Bertz CT molecular complexity index is 771. The molecule has 3 heteroatoms. The minimum absolute atomic E-state index is 0.248. The smallest absolute Gasteiger partial charge is 0.117 e. The zero-order valence-electron chi connectivity index (χ0n) is 10.7. The van der Waals surface area contributed by atoms with Crippen molar-refractivity contribution < 1.29 is 5.11 Å². The van der Waals surface area contributed by atoms with Crippen molar-refractivity contribution in [2.45, 2.75) is 6.92 Å². The van der Waals surface area contributed by atoms with Crippen molar-refractivity contribution >= 4 is 16.6 Å². The lowest BCUT2D eigenvalue weighted by Crippen LogP contribution is -1.91. The first kappa shape index (κ1) is 11.5. The van der Waals surface area contributed by atoms with E-state index in [2.05, 4.69) is 11.6 Å². The number of nitrogens with zero attached hydrogens (tertiary/aromatic N) is 2. The molecule has 3 nitrogen and oxygen atoms in total. The molecule has 94 valence electrons. The number of hydrogen-bond acceptors (Lipinski definition) is 2. The lowest BCUT2D eigenvalue weighted by atomic mass is 10.1. The zero-order valence-corrected chi connectivity index (χ0v) is 10.7. The molecule has 0 unspecified atom stereocenters. The van der Waals surface area contributed by atoms with Crippen molar-refractivity contribution in [3.8, 4) is 11.4 Å². The van der Waals surface area contributed by atoms with Crippen LogP contribution in [-0.4, -0.2) is 14.7 Å². The average Bonchev–Trinajstić information content (AvgIpc) is 2.81. The lowest BCUT2D eigenvalue weighted by Gasteiger charge is -2.05. The van der Waals surface area contributed by atoms with Gasteiger partial charge < -0.3 is 5.11 Å². The summed E-state index contributed by atoms with van der Waals surface area (Å²) in [5.41, 5.74) is 4.94. The van der Waals surface area contributed by atoms with Crippen LogP contribution in [0.25, 0.3) is 22.3 Å². The Hall–Kier alpha value is -2.55. The Morgan fingerprint density at radius 1 is 1.21 bits per heavy atom. The van der Waals surface area contributed by atoms with E-state index in [-0.39, 0.29) is 5.75 Å². The molecule has 0 radical (unpaired) electrons. The summed E-state index contributed by atoms with van der Waals surface area (Å²) in [5.74, 6) is 0.248. The maximum atomic E-state index is 9.56. The Balaban J connectivity index is 2.18. The van der Waals surface area contributed by atoms with Crippen molar-refractivity contribution in [3.05, 3.63) is 60.9 Å². The molecule has 3 rings (SSSR count). The van der Waals surface area contributed by atoms with Crippen LogP contribution >= 0.6 is 0 Å². The summed E-state index contributed by atoms with van der Waals surface area (Å²) in [6.45, 7) is 5.92. The maximum absolute atomic E-state index is 9.56. The predicted octanol–water partition coefficient (Wildman–Crippen LogP) is 3.76.